The molecule has 0 spiro atoms. The molecule has 0 heterocycles. The molecule has 1 aromatic carbocycles. The lowest BCUT2D eigenvalue weighted by atomic mass is 10.1. The van der Waals surface area contributed by atoms with Gasteiger partial charge in [-0.2, -0.15) is 13.2 Å². The van der Waals surface area contributed by atoms with Crippen LogP contribution < -0.4 is 5.73 Å². The summed E-state index contributed by atoms with van der Waals surface area (Å²) in [5, 5.41) is 0. The molecule has 1 atom stereocenters. The van der Waals surface area contributed by atoms with Gasteiger partial charge >= 0.3 is 6.18 Å². The van der Waals surface area contributed by atoms with Crippen LogP contribution in [0.25, 0.3) is 0 Å². The second kappa shape index (κ2) is 5.18. The molecule has 0 aliphatic rings. The van der Waals surface area contributed by atoms with Crippen LogP contribution in [-0.2, 0) is 0 Å². The molecule has 0 bridgehead atoms. The highest BCUT2D eigenvalue weighted by atomic mass is 127. The SMILES string of the molecule is Cl.N[C@@H](c1cccc(I)c1)C(F)(F)F. The summed E-state index contributed by atoms with van der Waals surface area (Å²) in [6, 6.07) is 4.19. The second-order valence-corrected chi connectivity index (χ2v) is 3.82. The number of alkyl halides is 3. The third-order valence-electron chi connectivity index (χ3n) is 1.56. The zero-order chi connectivity index (χ0) is 10.1. The Labute approximate surface area is 99.4 Å². The third kappa shape index (κ3) is 3.62. The average Bonchev–Trinajstić information content (AvgIpc) is 2.01. The van der Waals surface area contributed by atoms with Crippen LogP contribution in [0.4, 0.5) is 13.2 Å². The summed E-state index contributed by atoms with van der Waals surface area (Å²) >= 11 is 1.94. The summed E-state index contributed by atoms with van der Waals surface area (Å²) in [6.45, 7) is 0. The van der Waals surface area contributed by atoms with Gasteiger partial charge in [0.25, 0.3) is 0 Å². The number of benzene rings is 1. The fraction of sp³-hybridized carbons (Fsp3) is 0.250. The van der Waals surface area contributed by atoms with E-state index >= 15 is 0 Å². The molecule has 1 nitrogen and oxygen atoms in total. The Morgan fingerprint density at radius 1 is 1.29 bits per heavy atom. The summed E-state index contributed by atoms with van der Waals surface area (Å²) in [6.07, 6.45) is -4.37. The van der Waals surface area contributed by atoms with Gasteiger partial charge in [0.15, 0.2) is 0 Å². The van der Waals surface area contributed by atoms with E-state index in [1.165, 1.54) is 12.1 Å². The normalized spacial score (nSPS) is 13.2. The molecule has 0 amide bonds. The van der Waals surface area contributed by atoms with Crippen molar-refractivity contribution < 1.29 is 13.2 Å². The van der Waals surface area contributed by atoms with Crippen LogP contribution in [0.3, 0.4) is 0 Å². The van der Waals surface area contributed by atoms with Crippen LogP contribution in [0.2, 0.25) is 0 Å². The Kier molecular flexibility index (Phi) is 5.17. The van der Waals surface area contributed by atoms with Gasteiger partial charge in [0.1, 0.15) is 6.04 Å². The first kappa shape index (κ1) is 14.0. The number of hydrogen-bond acceptors (Lipinski definition) is 1. The largest absolute Gasteiger partial charge is 0.407 e. The molecular weight excluding hydrogens is 329 g/mol. The van der Waals surface area contributed by atoms with Gasteiger partial charge in [0, 0.05) is 3.57 Å². The van der Waals surface area contributed by atoms with Gasteiger partial charge in [-0.05, 0) is 40.3 Å². The van der Waals surface area contributed by atoms with E-state index in [-0.39, 0.29) is 18.0 Å². The third-order valence-corrected chi connectivity index (χ3v) is 2.23. The second-order valence-electron chi connectivity index (χ2n) is 2.57. The first-order valence-electron chi connectivity index (χ1n) is 3.49. The molecule has 14 heavy (non-hydrogen) atoms. The van der Waals surface area contributed by atoms with Gasteiger partial charge in [-0.15, -0.1) is 12.4 Å². The average molecular weight is 338 g/mol. The molecular formula is C8H8ClF3IN. The Hall–Kier alpha value is -0.0100. The van der Waals surface area contributed by atoms with E-state index in [0.29, 0.717) is 0 Å². The molecule has 0 aliphatic heterocycles. The van der Waals surface area contributed by atoms with Crippen LogP contribution in [0.15, 0.2) is 24.3 Å². The number of rotatable bonds is 1. The van der Waals surface area contributed by atoms with Crippen molar-refractivity contribution in [1.29, 1.82) is 0 Å². The maximum Gasteiger partial charge on any atom is 0.407 e. The summed E-state index contributed by atoms with van der Waals surface area (Å²) in [5.74, 6) is 0. The predicted octanol–water partition coefficient (Wildman–Crippen LogP) is 3.28. The maximum atomic E-state index is 12.1. The smallest absolute Gasteiger partial charge is 0.316 e. The molecule has 0 radical (unpaired) electrons. The minimum absolute atomic E-state index is 0. The zero-order valence-corrected chi connectivity index (χ0v) is 9.86. The predicted molar refractivity (Wildman–Crippen MR) is 59.4 cm³/mol. The van der Waals surface area contributed by atoms with E-state index in [0.717, 1.165) is 3.57 Å². The van der Waals surface area contributed by atoms with Crippen LogP contribution in [0.5, 0.6) is 0 Å². The molecule has 0 saturated heterocycles. The molecule has 1 rings (SSSR count). The lowest BCUT2D eigenvalue weighted by molar-refractivity contribution is -0.149. The van der Waals surface area contributed by atoms with Crippen molar-refractivity contribution in [3.8, 4) is 0 Å². The van der Waals surface area contributed by atoms with Crippen molar-refractivity contribution in [2.24, 2.45) is 5.73 Å². The monoisotopic (exact) mass is 337 g/mol. The van der Waals surface area contributed by atoms with Crippen molar-refractivity contribution >= 4 is 35.0 Å². The lowest BCUT2D eigenvalue weighted by Crippen LogP contribution is -2.28. The van der Waals surface area contributed by atoms with Crippen molar-refractivity contribution in [2.45, 2.75) is 12.2 Å². The molecule has 2 N–H and O–H groups in total. The van der Waals surface area contributed by atoms with E-state index in [1.807, 2.05) is 22.6 Å². The maximum absolute atomic E-state index is 12.1. The highest BCUT2D eigenvalue weighted by Gasteiger charge is 2.37. The van der Waals surface area contributed by atoms with Crippen LogP contribution in [0, 0.1) is 3.57 Å². The van der Waals surface area contributed by atoms with E-state index in [2.05, 4.69) is 0 Å². The van der Waals surface area contributed by atoms with Crippen molar-refractivity contribution in [1.82, 2.24) is 0 Å². The molecule has 0 unspecified atom stereocenters. The quantitative estimate of drug-likeness (QED) is 0.782. The lowest BCUT2D eigenvalue weighted by Gasteiger charge is -2.15. The highest BCUT2D eigenvalue weighted by molar-refractivity contribution is 14.1. The number of hydrogen-bond donors (Lipinski definition) is 1. The van der Waals surface area contributed by atoms with E-state index in [4.69, 9.17) is 5.73 Å². The Morgan fingerprint density at radius 3 is 2.29 bits per heavy atom. The molecule has 0 aliphatic carbocycles. The van der Waals surface area contributed by atoms with Crippen molar-refractivity contribution in [3.05, 3.63) is 33.4 Å². The minimum atomic E-state index is -4.37. The Bertz CT molecular complexity index is 303. The van der Waals surface area contributed by atoms with E-state index < -0.39 is 12.2 Å². The molecule has 1 aromatic rings. The number of halogens is 5. The van der Waals surface area contributed by atoms with Crippen LogP contribution >= 0.6 is 35.0 Å². The van der Waals surface area contributed by atoms with Gasteiger partial charge < -0.3 is 5.73 Å². The minimum Gasteiger partial charge on any atom is -0.316 e. The molecule has 0 fully saturated rings. The molecule has 80 valence electrons. The molecule has 0 saturated carbocycles. The standard InChI is InChI=1S/C8H7F3IN.ClH/c9-8(10,11)7(13)5-2-1-3-6(12)4-5;/h1-4,7H,13H2;1H/t7-;/m0./s1. The van der Waals surface area contributed by atoms with Gasteiger partial charge in [-0.25, -0.2) is 0 Å². The van der Waals surface area contributed by atoms with Gasteiger partial charge in [0.2, 0.25) is 0 Å². The first-order chi connectivity index (χ1) is 5.91. The fourth-order valence-electron chi connectivity index (χ4n) is 0.889. The van der Waals surface area contributed by atoms with Gasteiger partial charge in [0.05, 0.1) is 0 Å². The topological polar surface area (TPSA) is 26.0 Å². The van der Waals surface area contributed by atoms with Gasteiger partial charge in [-0.3, -0.25) is 0 Å². The van der Waals surface area contributed by atoms with E-state index in [9.17, 15) is 13.2 Å². The fourth-order valence-corrected chi connectivity index (χ4v) is 1.46. The summed E-state index contributed by atoms with van der Waals surface area (Å²) < 4.78 is 37.2. The van der Waals surface area contributed by atoms with Crippen LogP contribution in [-0.4, -0.2) is 6.18 Å². The summed E-state index contributed by atoms with van der Waals surface area (Å²) in [4.78, 5) is 0. The zero-order valence-electron chi connectivity index (χ0n) is 6.88. The number of nitrogens with two attached hydrogens (primary N) is 1. The Morgan fingerprint density at radius 2 is 1.86 bits per heavy atom. The Balaban J connectivity index is 0.00000169. The van der Waals surface area contributed by atoms with Crippen molar-refractivity contribution in [3.63, 3.8) is 0 Å². The molecule has 0 aromatic heterocycles. The first-order valence-corrected chi connectivity index (χ1v) is 4.57. The van der Waals surface area contributed by atoms with Gasteiger partial charge in [-0.1, -0.05) is 12.1 Å². The van der Waals surface area contributed by atoms with E-state index in [1.54, 1.807) is 12.1 Å². The highest BCUT2D eigenvalue weighted by Crippen LogP contribution is 2.30. The molecule has 6 heteroatoms. The summed E-state index contributed by atoms with van der Waals surface area (Å²) in [5.41, 5.74) is 5.11. The van der Waals surface area contributed by atoms with Crippen molar-refractivity contribution in [2.75, 3.05) is 0 Å². The van der Waals surface area contributed by atoms with Crippen LogP contribution in [0.1, 0.15) is 11.6 Å². The summed E-state index contributed by atoms with van der Waals surface area (Å²) in [7, 11) is 0.